The second-order valence-corrected chi connectivity index (χ2v) is 14.8. The maximum Gasteiger partial charge on any atom is 0.121 e. The molecule has 0 N–H and O–H groups in total. The Bertz CT molecular complexity index is 1550. The molecule has 0 bridgehead atoms. The third kappa shape index (κ3) is 5.72. The van der Waals surface area contributed by atoms with Gasteiger partial charge in [0, 0.05) is 0 Å². The van der Waals surface area contributed by atoms with Gasteiger partial charge < -0.3 is 0 Å². The first-order valence-corrected chi connectivity index (χ1v) is 16.2. The fourth-order valence-electron chi connectivity index (χ4n) is 5.46. The number of fused-ring (bicyclic) bond motifs is 2. The summed E-state index contributed by atoms with van der Waals surface area (Å²) in [7, 11) is -0.264. The quantitative estimate of drug-likeness (QED) is 0.181. The van der Waals surface area contributed by atoms with Gasteiger partial charge in [-0.2, -0.15) is 0 Å². The van der Waals surface area contributed by atoms with Gasteiger partial charge in [0.15, 0.2) is 0 Å². The summed E-state index contributed by atoms with van der Waals surface area (Å²) in [5.74, 6) is 0. The van der Waals surface area contributed by atoms with E-state index >= 15 is 0 Å². The summed E-state index contributed by atoms with van der Waals surface area (Å²) < 4.78 is 0. The predicted molar refractivity (Wildman–Crippen MR) is 168 cm³/mol. The Morgan fingerprint density at radius 1 is 0.500 bits per heavy atom. The Morgan fingerprint density at radius 2 is 1.00 bits per heavy atom. The summed E-state index contributed by atoms with van der Waals surface area (Å²) in [6.45, 7) is 0. The van der Waals surface area contributed by atoms with Crippen LogP contribution < -0.4 is 15.6 Å². The lowest BCUT2D eigenvalue weighted by Gasteiger charge is -2.27. The van der Waals surface area contributed by atoms with Crippen LogP contribution in [0.15, 0.2) is 146 Å². The third-order valence-electron chi connectivity index (χ3n) is 7.39. The third-order valence-corrected chi connectivity index (χ3v) is 12.8. The first-order chi connectivity index (χ1) is 18.8. The molecule has 0 aliphatic rings. The van der Waals surface area contributed by atoms with E-state index in [1.54, 1.807) is 0 Å². The molecule has 1 atom stereocenters. The molecule has 0 amide bonds. The largest absolute Gasteiger partial charge is 0.121 e. The number of hydrogen-bond acceptors (Lipinski definition) is 0. The van der Waals surface area contributed by atoms with E-state index in [4.69, 9.17) is 0 Å². The van der Waals surface area contributed by atoms with Crippen molar-refractivity contribution in [2.75, 3.05) is 0 Å². The van der Waals surface area contributed by atoms with Gasteiger partial charge in [-0.15, -0.1) is 0 Å². The van der Waals surface area contributed by atoms with E-state index < -0.39 is 8.80 Å². The molecule has 6 rings (SSSR count). The van der Waals surface area contributed by atoms with Crippen molar-refractivity contribution in [2.45, 2.75) is 24.4 Å². The molecule has 0 aliphatic carbocycles. The molecule has 0 saturated heterocycles. The van der Waals surface area contributed by atoms with Crippen molar-refractivity contribution in [3.8, 4) is 0 Å². The van der Waals surface area contributed by atoms with Crippen LogP contribution in [0, 0.1) is 0 Å². The fourth-order valence-corrected chi connectivity index (χ4v) is 11.5. The van der Waals surface area contributed by atoms with E-state index in [9.17, 15) is 0 Å². The van der Waals surface area contributed by atoms with Crippen LogP contribution in [0.2, 0.25) is 5.16 Å². The normalized spacial score (nSPS) is 12.2. The van der Waals surface area contributed by atoms with Gasteiger partial charge in [-0.3, -0.25) is 0 Å². The van der Waals surface area contributed by atoms with E-state index in [1.165, 1.54) is 55.5 Å². The summed E-state index contributed by atoms with van der Waals surface area (Å²) in [4.78, 5) is 0. The monoisotopic (exact) mass is 519 g/mol. The topological polar surface area (TPSA) is 0 Å². The zero-order valence-electron chi connectivity index (χ0n) is 21.6. The lowest BCUT2D eigenvalue weighted by molar-refractivity contribution is 0.766. The molecule has 0 saturated carbocycles. The van der Waals surface area contributed by atoms with E-state index in [0.717, 1.165) is 15.9 Å². The second-order valence-electron chi connectivity index (χ2n) is 9.98. The molecule has 0 aromatic heterocycles. The molecule has 1 unspecified atom stereocenters. The molecule has 6 aromatic carbocycles. The highest BCUT2D eigenvalue weighted by Gasteiger charge is 2.28. The number of rotatable bonds is 9. The van der Waals surface area contributed by atoms with E-state index in [2.05, 4.69) is 146 Å². The average molecular weight is 520 g/mol. The van der Waals surface area contributed by atoms with Crippen molar-refractivity contribution >= 4 is 55.4 Å². The number of hydrogen-bond donors (Lipinski definition) is 0. The van der Waals surface area contributed by atoms with Crippen LogP contribution in [0.4, 0.5) is 0 Å². The van der Waals surface area contributed by atoms with Gasteiger partial charge in [0.25, 0.3) is 0 Å². The van der Waals surface area contributed by atoms with Crippen LogP contribution in [-0.2, 0) is 6.42 Å². The maximum absolute atomic E-state index is 2.48. The summed E-state index contributed by atoms with van der Waals surface area (Å²) in [6, 6.07) is 54.2. The van der Waals surface area contributed by atoms with Crippen molar-refractivity contribution in [1.82, 2.24) is 0 Å². The van der Waals surface area contributed by atoms with Gasteiger partial charge >= 0.3 is 0 Å². The van der Waals surface area contributed by atoms with Crippen LogP contribution in [0.3, 0.4) is 0 Å². The molecule has 0 heterocycles. The fraction of sp³-hybridized carbons (Fsp3) is 0.111. The van der Waals surface area contributed by atoms with Crippen LogP contribution in [0.1, 0.15) is 18.4 Å². The lowest BCUT2D eigenvalue weighted by Crippen LogP contribution is -2.49. The lowest BCUT2D eigenvalue weighted by atomic mass is 10.1. The van der Waals surface area contributed by atoms with Crippen LogP contribution in [-0.4, -0.2) is 18.3 Å². The molecular formula is C36H31Si2. The molecular weight excluding hydrogens is 489 g/mol. The first-order valence-electron chi connectivity index (χ1n) is 13.5. The number of aryl methyl sites for hydroxylation is 1. The molecule has 0 aliphatic heterocycles. The van der Waals surface area contributed by atoms with Crippen molar-refractivity contribution in [2.24, 2.45) is 0 Å². The van der Waals surface area contributed by atoms with Crippen LogP contribution in [0.25, 0.3) is 21.5 Å². The minimum absolute atomic E-state index is 0.619. The Morgan fingerprint density at radius 3 is 1.58 bits per heavy atom. The Balaban J connectivity index is 1.42. The molecule has 3 radical (unpaired) electrons. The van der Waals surface area contributed by atoms with Gasteiger partial charge in [0.05, 0.1) is 9.52 Å². The highest BCUT2D eigenvalue weighted by molar-refractivity contribution is 6.93. The van der Waals surface area contributed by atoms with E-state index in [1.807, 2.05) is 0 Å². The molecule has 183 valence electrons. The van der Waals surface area contributed by atoms with Crippen molar-refractivity contribution in [1.29, 1.82) is 0 Å². The molecule has 0 nitrogen and oxygen atoms in total. The van der Waals surface area contributed by atoms with Gasteiger partial charge in [-0.05, 0) is 45.1 Å². The Hall–Kier alpha value is -3.73. The van der Waals surface area contributed by atoms with Crippen molar-refractivity contribution in [3.05, 3.63) is 151 Å². The van der Waals surface area contributed by atoms with Crippen molar-refractivity contribution < 1.29 is 0 Å². The zero-order valence-corrected chi connectivity index (χ0v) is 23.6. The first kappa shape index (κ1) is 24.6. The summed E-state index contributed by atoms with van der Waals surface area (Å²) in [5, 5.41) is 10.5. The number of benzene rings is 6. The summed E-state index contributed by atoms with van der Waals surface area (Å²) in [5.41, 5.74) is 1.44. The van der Waals surface area contributed by atoms with E-state index in [0.29, 0.717) is 5.16 Å². The van der Waals surface area contributed by atoms with Gasteiger partial charge in [-0.25, -0.2) is 0 Å². The predicted octanol–water partition coefficient (Wildman–Crippen LogP) is 6.98. The standard InChI is InChI=1S/C36H31Si2/c1-3-12-28(13-4-1)14-11-21-36(37-33-19-5-2-6-20-33)38(34-24-22-29-15-7-9-17-31(29)26-34)35-25-23-30-16-8-10-18-32(30)27-35/h1-10,12-13,15-20,22-27,36H,11,14,21H2. The zero-order chi connectivity index (χ0) is 25.6. The minimum Gasteiger partial charge on any atom is -0.0642 e. The van der Waals surface area contributed by atoms with E-state index in [-0.39, 0.29) is 0 Å². The molecule has 38 heavy (non-hydrogen) atoms. The van der Waals surface area contributed by atoms with Gasteiger partial charge in [0.1, 0.15) is 8.80 Å². The Labute approximate surface area is 230 Å². The Kier molecular flexibility index (Phi) is 7.62. The minimum atomic E-state index is -1.06. The molecule has 2 heteroatoms. The van der Waals surface area contributed by atoms with Crippen LogP contribution >= 0.6 is 0 Å². The summed E-state index contributed by atoms with van der Waals surface area (Å²) in [6.07, 6.45) is 3.58. The highest BCUT2D eigenvalue weighted by atomic mass is 28.3. The molecule has 6 aromatic rings. The second kappa shape index (κ2) is 11.8. The SMILES string of the molecule is c1ccc(CCCC([Si]c2ccccc2)[Si](c2ccc3ccccc3c2)c2ccc3ccccc3c2)cc1. The maximum atomic E-state index is 2.48. The summed E-state index contributed by atoms with van der Waals surface area (Å²) >= 11 is 0. The van der Waals surface area contributed by atoms with Gasteiger partial charge in [-0.1, -0.05) is 168 Å². The highest BCUT2D eigenvalue weighted by Crippen LogP contribution is 2.22. The average Bonchev–Trinajstić information content (AvgIpc) is 2.98. The van der Waals surface area contributed by atoms with Crippen molar-refractivity contribution in [3.63, 3.8) is 0 Å². The van der Waals surface area contributed by atoms with Crippen LogP contribution in [0.5, 0.6) is 0 Å². The molecule has 0 spiro atoms. The molecule has 0 fully saturated rings. The smallest absolute Gasteiger partial charge is 0.0642 e. The van der Waals surface area contributed by atoms with Gasteiger partial charge in [0.2, 0.25) is 0 Å².